The van der Waals surface area contributed by atoms with Gasteiger partial charge in [-0.25, -0.2) is 0 Å². The lowest BCUT2D eigenvalue weighted by molar-refractivity contribution is -0.123. The molecule has 1 amide bonds. The maximum atomic E-state index is 13.4. The standard InChI is InChI=1S/C24H25ClN2O2/c1-2-3-11-22(29)27-20-9-5-4-7-18(20)26-19-8-6-10-21(28)23(19)24(27)16-12-14-17(25)15-13-16/h4-5,7-9,12-15,23-24,26H,2-3,6,10-11H2,1H3/t23-,24+/m0/s1. The van der Waals surface area contributed by atoms with Crippen LogP contribution < -0.4 is 10.2 Å². The van der Waals surface area contributed by atoms with Crippen LogP contribution in [0.25, 0.3) is 0 Å². The molecule has 150 valence electrons. The first-order chi connectivity index (χ1) is 14.1. The van der Waals surface area contributed by atoms with Crippen molar-refractivity contribution < 1.29 is 9.59 Å². The zero-order chi connectivity index (χ0) is 20.4. The number of para-hydroxylation sites is 2. The Bertz CT molecular complexity index is 952. The van der Waals surface area contributed by atoms with E-state index in [9.17, 15) is 9.59 Å². The third kappa shape index (κ3) is 3.82. The van der Waals surface area contributed by atoms with E-state index in [1.54, 1.807) is 0 Å². The molecule has 1 aliphatic carbocycles. The van der Waals surface area contributed by atoms with E-state index < -0.39 is 12.0 Å². The van der Waals surface area contributed by atoms with Gasteiger partial charge in [0.1, 0.15) is 5.78 Å². The van der Waals surface area contributed by atoms with E-state index >= 15 is 0 Å². The van der Waals surface area contributed by atoms with Gasteiger partial charge in [0.05, 0.1) is 23.3 Å². The molecule has 2 aromatic carbocycles. The summed E-state index contributed by atoms with van der Waals surface area (Å²) in [5.41, 5.74) is 3.49. The summed E-state index contributed by atoms with van der Waals surface area (Å²) >= 11 is 6.13. The monoisotopic (exact) mass is 408 g/mol. The summed E-state index contributed by atoms with van der Waals surface area (Å²) in [5, 5.41) is 4.10. The molecule has 1 aliphatic heterocycles. The maximum Gasteiger partial charge on any atom is 0.227 e. The molecule has 4 nitrogen and oxygen atoms in total. The van der Waals surface area contributed by atoms with Gasteiger partial charge in [0.2, 0.25) is 5.91 Å². The summed E-state index contributed by atoms with van der Waals surface area (Å²) in [4.78, 5) is 28.4. The Morgan fingerprint density at radius 3 is 2.69 bits per heavy atom. The lowest BCUT2D eigenvalue weighted by atomic mass is 9.81. The Hall–Kier alpha value is -2.59. The molecule has 2 aliphatic rings. The van der Waals surface area contributed by atoms with Crippen LogP contribution in [0.5, 0.6) is 0 Å². The molecule has 1 heterocycles. The highest BCUT2D eigenvalue weighted by atomic mass is 35.5. The number of rotatable bonds is 4. The van der Waals surface area contributed by atoms with Crippen LogP contribution in [0.15, 0.2) is 60.3 Å². The van der Waals surface area contributed by atoms with Crippen LogP contribution >= 0.6 is 11.6 Å². The van der Waals surface area contributed by atoms with Crippen LogP contribution in [-0.4, -0.2) is 11.7 Å². The minimum atomic E-state index is -0.414. The topological polar surface area (TPSA) is 49.4 Å². The minimum Gasteiger partial charge on any atom is -0.357 e. The second-order valence-corrected chi connectivity index (χ2v) is 8.08. The predicted molar refractivity (Wildman–Crippen MR) is 117 cm³/mol. The van der Waals surface area contributed by atoms with Gasteiger partial charge in [-0.05, 0) is 42.7 Å². The highest BCUT2D eigenvalue weighted by molar-refractivity contribution is 6.30. The van der Waals surface area contributed by atoms with E-state index in [4.69, 9.17) is 11.6 Å². The van der Waals surface area contributed by atoms with E-state index in [2.05, 4.69) is 18.3 Å². The van der Waals surface area contributed by atoms with Gasteiger partial charge in [0, 0.05) is 23.6 Å². The number of allylic oxidation sites excluding steroid dienone is 1. The third-order valence-electron chi connectivity index (χ3n) is 5.70. The lowest BCUT2D eigenvalue weighted by Gasteiger charge is -2.36. The van der Waals surface area contributed by atoms with Crippen molar-refractivity contribution in [2.45, 2.75) is 45.1 Å². The summed E-state index contributed by atoms with van der Waals surface area (Å²) in [7, 11) is 0. The lowest BCUT2D eigenvalue weighted by Crippen LogP contribution is -2.41. The number of unbranched alkanes of at least 4 members (excludes halogenated alkanes) is 1. The number of nitrogens with one attached hydrogen (secondary N) is 1. The van der Waals surface area contributed by atoms with Crippen LogP contribution in [-0.2, 0) is 9.59 Å². The Morgan fingerprint density at radius 1 is 1.17 bits per heavy atom. The van der Waals surface area contributed by atoms with E-state index in [0.29, 0.717) is 17.9 Å². The Kier molecular flexibility index (Phi) is 5.72. The predicted octanol–water partition coefficient (Wildman–Crippen LogP) is 5.89. The van der Waals surface area contributed by atoms with Crippen molar-refractivity contribution in [2.24, 2.45) is 5.92 Å². The van der Waals surface area contributed by atoms with Crippen LogP contribution in [0.2, 0.25) is 5.02 Å². The van der Waals surface area contributed by atoms with Crippen molar-refractivity contribution >= 4 is 34.7 Å². The molecule has 0 fully saturated rings. The number of halogens is 1. The van der Waals surface area contributed by atoms with Crippen molar-refractivity contribution in [2.75, 3.05) is 10.2 Å². The molecule has 0 radical (unpaired) electrons. The van der Waals surface area contributed by atoms with Crippen LogP contribution in [0.4, 0.5) is 11.4 Å². The first kappa shape index (κ1) is 19.7. The fraction of sp³-hybridized carbons (Fsp3) is 0.333. The van der Waals surface area contributed by atoms with Gasteiger partial charge < -0.3 is 10.2 Å². The fourth-order valence-electron chi connectivity index (χ4n) is 4.28. The summed E-state index contributed by atoms with van der Waals surface area (Å²) in [6.45, 7) is 2.08. The number of nitrogens with zero attached hydrogens (tertiary/aromatic N) is 1. The van der Waals surface area contributed by atoms with Gasteiger partial charge in [-0.1, -0.05) is 55.3 Å². The molecule has 2 aromatic rings. The smallest absolute Gasteiger partial charge is 0.227 e. The number of carbonyl (C=O) groups excluding carboxylic acids is 2. The van der Waals surface area contributed by atoms with Crippen LogP contribution in [0.3, 0.4) is 0 Å². The van der Waals surface area contributed by atoms with Gasteiger partial charge in [-0.15, -0.1) is 0 Å². The van der Waals surface area contributed by atoms with Crippen molar-refractivity contribution in [3.05, 3.63) is 70.9 Å². The van der Waals surface area contributed by atoms with Gasteiger partial charge >= 0.3 is 0 Å². The summed E-state index contributed by atoms with van der Waals surface area (Å²) < 4.78 is 0. The number of fused-ring (bicyclic) bond motifs is 2. The maximum absolute atomic E-state index is 13.4. The van der Waals surface area contributed by atoms with Gasteiger partial charge in [0.25, 0.3) is 0 Å². The first-order valence-corrected chi connectivity index (χ1v) is 10.6. The number of hydrogen-bond donors (Lipinski definition) is 1. The molecule has 1 N–H and O–H groups in total. The molecule has 0 unspecified atom stereocenters. The van der Waals surface area contributed by atoms with E-state index in [1.807, 2.05) is 53.4 Å². The molecule has 0 saturated carbocycles. The third-order valence-corrected chi connectivity index (χ3v) is 5.95. The number of benzene rings is 2. The van der Waals surface area contributed by atoms with Crippen molar-refractivity contribution in [1.82, 2.24) is 0 Å². The number of amides is 1. The largest absolute Gasteiger partial charge is 0.357 e. The molecular weight excluding hydrogens is 384 g/mol. The molecule has 0 spiro atoms. The van der Waals surface area contributed by atoms with E-state index in [0.717, 1.165) is 41.9 Å². The zero-order valence-corrected chi connectivity index (χ0v) is 17.3. The quantitative estimate of drug-likeness (QED) is 0.685. The van der Waals surface area contributed by atoms with Crippen molar-refractivity contribution in [3.63, 3.8) is 0 Å². The number of hydrogen-bond acceptors (Lipinski definition) is 3. The van der Waals surface area contributed by atoms with E-state index in [-0.39, 0.29) is 11.7 Å². The van der Waals surface area contributed by atoms with Gasteiger partial charge in [-0.3, -0.25) is 9.59 Å². The first-order valence-electron chi connectivity index (χ1n) is 10.3. The zero-order valence-electron chi connectivity index (χ0n) is 16.5. The summed E-state index contributed by atoms with van der Waals surface area (Å²) in [5.74, 6) is -0.209. The molecule has 0 saturated heterocycles. The SMILES string of the molecule is CCCCC(=O)N1c2ccccc2NC2=CCCC(=O)[C@H]2[C@H]1c1ccc(Cl)cc1. The molecule has 2 atom stereocenters. The Balaban J connectivity index is 1.92. The summed E-state index contributed by atoms with van der Waals surface area (Å²) in [6, 6.07) is 14.9. The number of ketones is 1. The van der Waals surface area contributed by atoms with Gasteiger partial charge in [0.15, 0.2) is 0 Å². The Morgan fingerprint density at radius 2 is 1.93 bits per heavy atom. The second-order valence-electron chi connectivity index (χ2n) is 7.65. The average molecular weight is 409 g/mol. The second kappa shape index (κ2) is 8.42. The highest BCUT2D eigenvalue weighted by Crippen LogP contribution is 2.46. The number of anilines is 2. The van der Waals surface area contributed by atoms with Gasteiger partial charge in [-0.2, -0.15) is 0 Å². The van der Waals surface area contributed by atoms with Crippen molar-refractivity contribution in [3.8, 4) is 0 Å². The molecule has 29 heavy (non-hydrogen) atoms. The van der Waals surface area contributed by atoms with E-state index in [1.165, 1.54) is 0 Å². The average Bonchev–Trinajstić information content (AvgIpc) is 2.87. The number of carbonyl (C=O) groups is 2. The van der Waals surface area contributed by atoms with Crippen LogP contribution in [0.1, 0.15) is 50.6 Å². The number of Topliss-reactive ketones (excluding diaryl/α,β-unsaturated/α-hetero) is 1. The molecule has 4 rings (SSSR count). The molecule has 5 heteroatoms. The summed E-state index contributed by atoms with van der Waals surface area (Å²) in [6.07, 6.45) is 5.53. The fourth-order valence-corrected chi connectivity index (χ4v) is 4.41. The minimum absolute atomic E-state index is 0.0423. The highest BCUT2D eigenvalue weighted by Gasteiger charge is 2.43. The Labute approximate surface area is 176 Å². The normalized spacial score (nSPS) is 20.8. The molecule has 0 bridgehead atoms. The molecular formula is C24H25ClN2O2. The van der Waals surface area contributed by atoms with Crippen molar-refractivity contribution in [1.29, 1.82) is 0 Å². The molecule has 0 aromatic heterocycles. The van der Waals surface area contributed by atoms with Crippen LogP contribution in [0, 0.1) is 5.92 Å².